The molecular weight excluding hydrogens is 360 g/mol. The first-order valence-corrected chi connectivity index (χ1v) is 7.99. The van der Waals surface area contributed by atoms with E-state index in [9.17, 15) is 13.2 Å². The van der Waals surface area contributed by atoms with Crippen molar-refractivity contribution >= 4 is 43.3 Å². The first kappa shape index (κ1) is 15.3. The second-order valence-corrected chi connectivity index (χ2v) is 6.65. The minimum atomic E-state index is -3.91. The number of rotatable bonds is 4. The summed E-state index contributed by atoms with van der Waals surface area (Å²) in [6, 6.07) is 10.2. The highest BCUT2D eigenvalue weighted by molar-refractivity contribution is 9.10. The number of aromatic carboxylic acids is 1. The molecule has 110 valence electrons. The predicted octanol–water partition coefficient (Wildman–Crippen LogP) is 2.53. The van der Waals surface area contributed by atoms with Crippen molar-refractivity contribution in [2.45, 2.75) is 4.90 Å². The third kappa shape index (κ3) is 3.34. The molecule has 0 amide bonds. The van der Waals surface area contributed by atoms with Gasteiger partial charge in [-0.25, -0.2) is 13.2 Å². The van der Waals surface area contributed by atoms with Crippen LogP contribution in [0.2, 0.25) is 0 Å². The van der Waals surface area contributed by atoms with Gasteiger partial charge in [-0.1, -0.05) is 12.1 Å². The Labute approximate surface area is 129 Å². The zero-order valence-electron chi connectivity index (χ0n) is 10.6. The average Bonchev–Trinajstić information content (AvgIpc) is 2.40. The number of carbonyl (C=O) groups is 1. The van der Waals surface area contributed by atoms with Crippen LogP contribution >= 0.6 is 15.9 Å². The number of anilines is 2. The topological polar surface area (TPSA) is 109 Å². The minimum absolute atomic E-state index is 0.0122. The quantitative estimate of drug-likeness (QED) is 0.716. The van der Waals surface area contributed by atoms with Gasteiger partial charge >= 0.3 is 5.97 Å². The molecule has 0 bridgehead atoms. The molecule has 0 heterocycles. The monoisotopic (exact) mass is 370 g/mol. The summed E-state index contributed by atoms with van der Waals surface area (Å²) in [5, 5.41) is 9.11. The van der Waals surface area contributed by atoms with Gasteiger partial charge in [-0.05, 0) is 46.3 Å². The fourth-order valence-electron chi connectivity index (χ4n) is 1.69. The summed E-state index contributed by atoms with van der Waals surface area (Å²) in [5.74, 6) is -1.27. The summed E-state index contributed by atoms with van der Waals surface area (Å²) in [7, 11) is -3.91. The van der Waals surface area contributed by atoms with E-state index in [1.165, 1.54) is 24.3 Å². The van der Waals surface area contributed by atoms with E-state index in [0.29, 0.717) is 4.47 Å². The lowest BCUT2D eigenvalue weighted by Gasteiger charge is -2.12. The highest BCUT2D eigenvalue weighted by Crippen LogP contribution is 2.26. The Bertz CT molecular complexity index is 806. The van der Waals surface area contributed by atoms with E-state index in [1.54, 1.807) is 18.2 Å². The molecule has 0 spiro atoms. The lowest BCUT2D eigenvalue weighted by molar-refractivity contribution is 0.0698. The van der Waals surface area contributed by atoms with Gasteiger partial charge in [-0.2, -0.15) is 0 Å². The van der Waals surface area contributed by atoms with E-state index in [1.807, 2.05) is 0 Å². The lowest BCUT2D eigenvalue weighted by atomic mass is 10.1. The number of carboxylic acids is 1. The smallest absolute Gasteiger partial charge is 0.337 e. The average molecular weight is 371 g/mol. The third-order valence-electron chi connectivity index (χ3n) is 2.64. The van der Waals surface area contributed by atoms with E-state index in [2.05, 4.69) is 20.7 Å². The predicted molar refractivity (Wildman–Crippen MR) is 82.8 cm³/mol. The SMILES string of the molecule is Nc1ccc(NS(=O)(=O)c2ccccc2Br)c(C(=O)O)c1. The Balaban J connectivity index is 2.47. The van der Waals surface area contributed by atoms with Gasteiger partial charge in [0.2, 0.25) is 0 Å². The summed E-state index contributed by atoms with van der Waals surface area (Å²) in [4.78, 5) is 11.2. The molecule has 0 radical (unpaired) electrons. The molecule has 8 heteroatoms. The Morgan fingerprint density at radius 1 is 1.19 bits per heavy atom. The molecular formula is C13H11BrN2O4S. The maximum absolute atomic E-state index is 12.3. The van der Waals surface area contributed by atoms with Gasteiger partial charge in [-0.3, -0.25) is 4.72 Å². The van der Waals surface area contributed by atoms with Gasteiger partial charge in [0, 0.05) is 10.2 Å². The Morgan fingerprint density at radius 2 is 1.86 bits per heavy atom. The molecule has 2 rings (SSSR count). The number of benzene rings is 2. The molecule has 0 aliphatic rings. The molecule has 6 nitrogen and oxygen atoms in total. The molecule has 0 saturated carbocycles. The number of nitrogens with two attached hydrogens (primary N) is 1. The second-order valence-electron chi connectivity index (χ2n) is 4.15. The maximum Gasteiger partial charge on any atom is 0.337 e. The van der Waals surface area contributed by atoms with E-state index < -0.39 is 16.0 Å². The second kappa shape index (κ2) is 5.74. The highest BCUT2D eigenvalue weighted by atomic mass is 79.9. The van der Waals surface area contributed by atoms with Crippen molar-refractivity contribution in [1.29, 1.82) is 0 Å². The largest absolute Gasteiger partial charge is 0.478 e. The van der Waals surface area contributed by atoms with Crippen molar-refractivity contribution in [2.75, 3.05) is 10.5 Å². The molecule has 2 aromatic rings. The van der Waals surface area contributed by atoms with E-state index in [-0.39, 0.29) is 21.8 Å². The van der Waals surface area contributed by atoms with Crippen molar-refractivity contribution < 1.29 is 18.3 Å². The fraction of sp³-hybridized carbons (Fsp3) is 0. The van der Waals surface area contributed by atoms with Gasteiger partial charge in [0.05, 0.1) is 11.3 Å². The van der Waals surface area contributed by atoms with Crippen LogP contribution in [-0.4, -0.2) is 19.5 Å². The molecule has 0 atom stereocenters. The number of nitrogens with one attached hydrogen (secondary N) is 1. The van der Waals surface area contributed by atoms with Crippen LogP contribution in [0.3, 0.4) is 0 Å². The van der Waals surface area contributed by atoms with Gasteiger partial charge in [0.25, 0.3) is 10.0 Å². The molecule has 21 heavy (non-hydrogen) atoms. The van der Waals surface area contributed by atoms with Crippen LogP contribution in [0, 0.1) is 0 Å². The number of sulfonamides is 1. The van der Waals surface area contributed by atoms with Crippen molar-refractivity contribution in [3.05, 3.63) is 52.5 Å². The number of nitrogen functional groups attached to an aromatic ring is 1. The Hall–Kier alpha value is -2.06. The summed E-state index contributed by atoms with van der Waals surface area (Å²) in [6.45, 7) is 0. The van der Waals surface area contributed by atoms with Crippen molar-refractivity contribution in [1.82, 2.24) is 0 Å². The van der Waals surface area contributed by atoms with E-state index >= 15 is 0 Å². The van der Waals surface area contributed by atoms with Crippen molar-refractivity contribution in [3.8, 4) is 0 Å². The van der Waals surface area contributed by atoms with Crippen LogP contribution in [0.15, 0.2) is 51.8 Å². The van der Waals surface area contributed by atoms with Crippen LogP contribution in [0.4, 0.5) is 11.4 Å². The van der Waals surface area contributed by atoms with Crippen LogP contribution in [0.1, 0.15) is 10.4 Å². The first-order valence-electron chi connectivity index (χ1n) is 5.71. The highest BCUT2D eigenvalue weighted by Gasteiger charge is 2.20. The fourth-order valence-corrected chi connectivity index (χ4v) is 3.77. The number of halogens is 1. The van der Waals surface area contributed by atoms with Crippen LogP contribution in [0.25, 0.3) is 0 Å². The molecule has 0 aliphatic heterocycles. The van der Waals surface area contributed by atoms with E-state index in [4.69, 9.17) is 10.8 Å². The van der Waals surface area contributed by atoms with E-state index in [0.717, 1.165) is 0 Å². The molecule has 2 aromatic carbocycles. The van der Waals surface area contributed by atoms with Gasteiger partial charge in [0.1, 0.15) is 4.90 Å². The Morgan fingerprint density at radius 3 is 2.48 bits per heavy atom. The van der Waals surface area contributed by atoms with Gasteiger partial charge < -0.3 is 10.8 Å². The lowest BCUT2D eigenvalue weighted by Crippen LogP contribution is -2.16. The molecule has 0 unspecified atom stereocenters. The first-order chi connectivity index (χ1) is 9.81. The summed E-state index contributed by atoms with van der Waals surface area (Å²) in [5.41, 5.74) is 5.48. The van der Waals surface area contributed by atoms with Gasteiger partial charge in [-0.15, -0.1) is 0 Å². The molecule has 0 aliphatic carbocycles. The zero-order valence-corrected chi connectivity index (χ0v) is 13.0. The Kier molecular flexibility index (Phi) is 4.19. The number of carboxylic acid groups (broad SMARTS) is 1. The number of hydrogen-bond acceptors (Lipinski definition) is 4. The zero-order chi connectivity index (χ0) is 15.6. The van der Waals surface area contributed by atoms with Crippen LogP contribution in [0.5, 0.6) is 0 Å². The molecule has 0 fully saturated rings. The van der Waals surface area contributed by atoms with Crippen molar-refractivity contribution in [2.24, 2.45) is 0 Å². The molecule has 0 saturated heterocycles. The molecule has 4 N–H and O–H groups in total. The summed E-state index contributed by atoms with van der Waals surface area (Å²) >= 11 is 3.15. The molecule has 0 aromatic heterocycles. The minimum Gasteiger partial charge on any atom is -0.478 e. The van der Waals surface area contributed by atoms with Crippen LogP contribution < -0.4 is 10.5 Å². The van der Waals surface area contributed by atoms with Crippen LogP contribution in [-0.2, 0) is 10.0 Å². The van der Waals surface area contributed by atoms with Gasteiger partial charge in [0.15, 0.2) is 0 Å². The maximum atomic E-state index is 12.3. The number of hydrogen-bond donors (Lipinski definition) is 3. The third-order valence-corrected chi connectivity index (χ3v) is 5.02. The summed E-state index contributed by atoms with van der Waals surface area (Å²) in [6.07, 6.45) is 0. The van der Waals surface area contributed by atoms with Crippen molar-refractivity contribution in [3.63, 3.8) is 0 Å². The standard InChI is InChI=1S/C13H11BrN2O4S/c14-10-3-1-2-4-12(10)21(19,20)16-11-6-5-8(15)7-9(11)13(17)18/h1-7,16H,15H2,(H,17,18). The normalized spacial score (nSPS) is 11.1. The summed E-state index contributed by atoms with van der Waals surface area (Å²) < 4.78 is 27.3.